The molecule has 1 amide bonds. The molecule has 2 aromatic rings. The highest BCUT2D eigenvalue weighted by Gasteiger charge is 2.28. The van der Waals surface area contributed by atoms with Crippen LogP contribution in [0.3, 0.4) is 0 Å². The molecule has 0 saturated carbocycles. The number of benzene rings is 2. The normalized spacial score (nSPS) is 18.5. The molecule has 0 unspecified atom stereocenters. The van der Waals surface area contributed by atoms with Crippen molar-refractivity contribution < 1.29 is 19.1 Å². The van der Waals surface area contributed by atoms with Crippen molar-refractivity contribution in [2.24, 2.45) is 0 Å². The topological polar surface area (TPSA) is 67.9 Å². The van der Waals surface area contributed by atoms with E-state index >= 15 is 0 Å². The van der Waals surface area contributed by atoms with Crippen LogP contribution in [0.2, 0.25) is 0 Å². The van der Waals surface area contributed by atoms with Crippen LogP contribution in [-0.2, 0) is 11.2 Å². The van der Waals surface area contributed by atoms with Crippen LogP contribution in [-0.4, -0.2) is 42.9 Å². The Hall–Kier alpha value is -2.86. The Bertz CT molecular complexity index is 940. The zero-order valence-electron chi connectivity index (χ0n) is 16.9. The quantitative estimate of drug-likeness (QED) is 0.803. The Morgan fingerprint density at radius 3 is 2.66 bits per heavy atom. The van der Waals surface area contributed by atoms with E-state index in [9.17, 15) is 9.59 Å². The first-order valence-electron chi connectivity index (χ1n) is 10.1. The van der Waals surface area contributed by atoms with Gasteiger partial charge < -0.3 is 14.8 Å². The fourth-order valence-corrected chi connectivity index (χ4v) is 3.94. The molecule has 2 heterocycles. The summed E-state index contributed by atoms with van der Waals surface area (Å²) in [5.41, 5.74) is 3.68. The predicted molar refractivity (Wildman–Crippen MR) is 111 cm³/mol. The first-order chi connectivity index (χ1) is 14.0. The first kappa shape index (κ1) is 19.5. The zero-order valence-corrected chi connectivity index (χ0v) is 16.9. The molecule has 6 nitrogen and oxygen atoms in total. The van der Waals surface area contributed by atoms with Crippen molar-refractivity contribution in [3.8, 4) is 11.5 Å². The van der Waals surface area contributed by atoms with Crippen LogP contribution in [0, 0.1) is 0 Å². The second kappa shape index (κ2) is 8.25. The van der Waals surface area contributed by atoms with E-state index in [1.165, 1.54) is 18.1 Å². The van der Waals surface area contributed by atoms with E-state index in [0.717, 1.165) is 30.9 Å². The smallest absolute Gasteiger partial charge is 0.238 e. The number of carbonyl (C=O) groups is 2. The van der Waals surface area contributed by atoms with Crippen molar-refractivity contribution in [3.05, 3.63) is 53.1 Å². The highest BCUT2D eigenvalue weighted by atomic mass is 16.5. The number of ether oxygens (including phenoxy) is 2. The lowest BCUT2D eigenvalue weighted by atomic mass is 9.93. The molecule has 152 valence electrons. The maximum absolute atomic E-state index is 12.6. The highest BCUT2D eigenvalue weighted by Crippen LogP contribution is 2.39. The lowest BCUT2D eigenvalue weighted by Gasteiger charge is -2.35. The van der Waals surface area contributed by atoms with Crippen molar-refractivity contribution in [1.29, 1.82) is 0 Å². The Kier molecular flexibility index (Phi) is 5.53. The summed E-state index contributed by atoms with van der Waals surface area (Å²) in [5, 5.41) is 2.91. The molecular formula is C23H26N2O4. The molecule has 4 rings (SSSR count). The largest absolute Gasteiger partial charge is 0.490 e. The van der Waals surface area contributed by atoms with Crippen molar-refractivity contribution in [3.63, 3.8) is 0 Å². The second-order valence-corrected chi connectivity index (χ2v) is 7.63. The maximum atomic E-state index is 12.6. The van der Waals surface area contributed by atoms with Gasteiger partial charge in [0.05, 0.1) is 19.8 Å². The molecular weight excluding hydrogens is 368 g/mol. The molecule has 0 aromatic heterocycles. The molecule has 0 fully saturated rings. The van der Waals surface area contributed by atoms with Gasteiger partial charge in [-0.1, -0.05) is 12.1 Å². The van der Waals surface area contributed by atoms with Gasteiger partial charge in [0.2, 0.25) is 5.91 Å². The van der Waals surface area contributed by atoms with Gasteiger partial charge in [0, 0.05) is 30.3 Å². The molecule has 0 aliphatic carbocycles. The van der Waals surface area contributed by atoms with E-state index in [0.29, 0.717) is 31.0 Å². The minimum atomic E-state index is -0.0876. The van der Waals surface area contributed by atoms with Gasteiger partial charge in [-0.25, -0.2) is 0 Å². The summed E-state index contributed by atoms with van der Waals surface area (Å²) in [7, 11) is 0. The zero-order chi connectivity index (χ0) is 20.4. The molecule has 1 N–H and O–H groups in total. The van der Waals surface area contributed by atoms with Crippen LogP contribution in [0.25, 0.3) is 0 Å². The summed E-state index contributed by atoms with van der Waals surface area (Å²) in [6.45, 7) is 6.06. The summed E-state index contributed by atoms with van der Waals surface area (Å²) >= 11 is 0. The lowest BCUT2D eigenvalue weighted by molar-refractivity contribution is -0.117. The number of ketones is 1. The van der Waals surface area contributed by atoms with Gasteiger partial charge in [0.15, 0.2) is 17.3 Å². The SMILES string of the molecule is CC(=O)c1cccc(NC(=O)CN2CCc3cc4c(cc3[C@H]2C)OCCCO4)c1. The molecule has 2 aromatic carbocycles. The average molecular weight is 394 g/mol. The summed E-state index contributed by atoms with van der Waals surface area (Å²) in [6.07, 6.45) is 1.75. The number of amides is 1. The van der Waals surface area contributed by atoms with Gasteiger partial charge in [-0.15, -0.1) is 0 Å². The van der Waals surface area contributed by atoms with E-state index in [4.69, 9.17) is 9.47 Å². The molecule has 29 heavy (non-hydrogen) atoms. The van der Waals surface area contributed by atoms with Crippen molar-refractivity contribution >= 4 is 17.4 Å². The molecule has 6 heteroatoms. The van der Waals surface area contributed by atoms with E-state index in [1.54, 1.807) is 24.3 Å². The Balaban J connectivity index is 1.46. The molecule has 0 spiro atoms. The number of hydrogen-bond donors (Lipinski definition) is 1. The van der Waals surface area contributed by atoms with Crippen LogP contribution in [0.1, 0.15) is 47.8 Å². The minimum Gasteiger partial charge on any atom is -0.490 e. The fraction of sp³-hybridized carbons (Fsp3) is 0.391. The number of hydrogen-bond acceptors (Lipinski definition) is 5. The van der Waals surface area contributed by atoms with Gasteiger partial charge in [0.1, 0.15) is 0 Å². The van der Waals surface area contributed by atoms with E-state index in [2.05, 4.69) is 29.3 Å². The number of nitrogens with zero attached hydrogens (tertiary/aromatic N) is 1. The van der Waals surface area contributed by atoms with E-state index < -0.39 is 0 Å². The molecule has 0 saturated heterocycles. The van der Waals surface area contributed by atoms with Gasteiger partial charge in [-0.05, 0) is 55.7 Å². The highest BCUT2D eigenvalue weighted by molar-refractivity contribution is 5.97. The van der Waals surface area contributed by atoms with Crippen molar-refractivity contribution in [2.75, 3.05) is 31.6 Å². The number of rotatable bonds is 4. The molecule has 0 bridgehead atoms. The second-order valence-electron chi connectivity index (χ2n) is 7.63. The molecule has 1 atom stereocenters. The summed E-state index contributed by atoms with van der Waals surface area (Å²) in [5.74, 6) is 1.51. The predicted octanol–water partition coefficient (Wildman–Crippen LogP) is 3.61. The van der Waals surface area contributed by atoms with Crippen molar-refractivity contribution in [2.45, 2.75) is 32.7 Å². The maximum Gasteiger partial charge on any atom is 0.238 e. The standard InChI is InChI=1S/C23H26N2O4/c1-15-20-13-22-21(28-9-4-10-29-22)12-18(20)7-8-25(15)14-23(27)24-19-6-3-5-17(11-19)16(2)26/h3,5-6,11-13,15H,4,7-10,14H2,1-2H3,(H,24,27)/t15-/m1/s1. The summed E-state index contributed by atoms with van der Waals surface area (Å²) in [6, 6.07) is 11.3. The van der Waals surface area contributed by atoms with Gasteiger partial charge in [0.25, 0.3) is 0 Å². The van der Waals surface area contributed by atoms with Crippen LogP contribution in [0.5, 0.6) is 11.5 Å². The van der Waals surface area contributed by atoms with Crippen LogP contribution >= 0.6 is 0 Å². The third-order valence-electron chi connectivity index (χ3n) is 5.58. The van der Waals surface area contributed by atoms with Gasteiger partial charge in [-0.2, -0.15) is 0 Å². The fourth-order valence-electron chi connectivity index (χ4n) is 3.94. The minimum absolute atomic E-state index is 0.0207. The first-order valence-corrected chi connectivity index (χ1v) is 10.1. The molecule has 2 aliphatic rings. The average Bonchev–Trinajstić information content (AvgIpc) is 2.94. The third-order valence-corrected chi connectivity index (χ3v) is 5.58. The van der Waals surface area contributed by atoms with Gasteiger partial charge >= 0.3 is 0 Å². The molecule has 0 radical (unpaired) electrons. The Morgan fingerprint density at radius 2 is 1.90 bits per heavy atom. The van der Waals surface area contributed by atoms with Gasteiger partial charge in [-0.3, -0.25) is 14.5 Å². The van der Waals surface area contributed by atoms with Crippen LogP contribution < -0.4 is 14.8 Å². The number of fused-ring (bicyclic) bond motifs is 2. The Morgan fingerprint density at radius 1 is 1.14 bits per heavy atom. The summed E-state index contributed by atoms with van der Waals surface area (Å²) < 4.78 is 11.6. The number of nitrogens with one attached hydrogen (secondary N) is 1. The third kappa shape index (κ3) is 4.27. The monoisotopic (exact) mass is 394 g/mol. The van der Waals surface area contributed by atoms with Crippen LogP contribution in [0.4, 0.5) is 5.69 Å². The summed E-state index contributed by atoms with van der Waals surface area (Å²) in [4.78, 5) is 26.3. The number of Topliss-reactive ketones (excluding diaryl/α,β-unsaturated/α-hetero) is 1. The number of carbonyl (C=O) groups excluding carboxylic acids is 2. The van der Waals surface area contributed by atoms with Crippen LogP contribution in [0.15, 0.2) is 36.4 Å². The van der Waals surface area contributed by atoms with E-state index in [-0.39, 0.29) is 17.7 Å². The molecule has 2 aliphatic heterocycles. The lowest BCUT2D eigenvalue weighted by Crippen LogP contribution is -2.39. The van der Waals surface area contributed by atoms with E-state index in [1.807, 2.05) is 0 Å². The number of anilines is 1. The Labute approximate surface area is 170 Å². The van der Waals surface area contributed by atoms with Crippen molar-refractivity contribution in [1.82, 2.24) is 4.90 Å².